The third-order valence-electron chi connectivity index (χ3n) is 7.74. The maximum atomic E-state index is 14.3. The van der Waals surface area contributed by atoms with Gasteiger partial charge in [0.1, 0.15) is 6.04 Å². The van der Waals surface area contributed by atoms with Gasteiger partial charge in [0.2, 0.25) is 11.8 Å². The second-order valence-corrected chi connectivity index (χ2v) is 12.9. The maximum absolute atomic E-state index is 14.3. The molecule has 1 spiro atoms. The second-order valence-electron chi connectivity index (χ2n) is 11.3. The lowest BCUT2D eigenvalue weighted by Crippen LogP contribution is -2.61. The van der Waals surface area contributed by atoms with Crippen LogP contribution >= 0.6 is 11.8 Å². The number of amides is 2. The Morgan fingerprint density at radius 2 is 2.00 bits per heavy atom. The van der Waals surface area contributed by atoms with Crippen LogP contribution in [0.3, 0.4) is 0 Å². The number of unbranched alkanes of at least 4 members (excludes halogenated alkanes) is 1. The molecule has 3 fully saturated rings. The van der Waals surface area contributed by atoms with Gasteiger partial charge in [-0.3, -0.25) is 14.4 Å². The van der Waals surface area contributed by atoms with Gasteiger partial charge in [0, 0.05) is 17.3 Å². The normalized spacial score (nSPS) is 30.4. The monoisotopic (exact) mass is 506 g/mol. The molecular formula is C27H42N2O5S. The fraction of sp³-hybridized carbons (Fsp3) is 0.741. The van der Waals surface area contributed by atoms with Crippen molar-refractivity contribution in [1.82, 2.24) is 9.80 Å². The smallest absolute Gasteiger partial charge is 0.310 e. The lowest BCUT2D eigenvalue weighted by Gasteiger charge is -2.44. The van der Waals surface area contributed by atoms with Gasteiger partial charge in [-0.2, -0.15) is 0 Å². The fourth-order valence-electron chi connectivity index (χ4n) is 6.08. The molecule has 0 aromatic rings. The van der Waals surface area contributed by atoms with Gasteiger partial charge in [-0.15, -0.1) is 24.9 Å². The van der Waals surface area contributed by atoms with E-state index in [-0.39, 0.29) is 35.6 Å². The average Bonchev–Trinajstić information content (AvgIpc) is 3.42. The van der Waals surface area contributed by atoms with Gasteiger partial charge in [0.05, 0.1) is 35.8 Å². The summed E-state index contributed by atoms with van der Waals surface area (Å²) in [6.07, 6.45) is 6.39. The first-order valence-electron chi connectivity index (χ1n) is 12.8. The molecule has 3 saturated heterocycles. The van der Waals surface area contributed by atoms with Crippen molar-refractivity contribution < 1.29 is 24.2 Å². The lowest BCUT2D eigenvalue weighted by molar-refractivity contribution is -0.155. The third-order valence-corrected chi connectivity index (χ3v) is 9.69. The van der Waals surface area contributed by atoms with Gasteiger partial charge in [-0.1, -0.05) is 26.0 Å². The number of ether oxygens (including phenoxy) is 1. The summed E-state index contributed by atoms with van der Waals surface area (Å²) in [5.41, 5.74) is -0.480. The highest BCUT2D eigenvalue weighted by Crippen LogP contribution is 2.67. The number of carbonyl (C=O) groups is 3. The Balaban J connectivity index is 2.04. The molecule has 0 saturated carbocycles. The van der Waals surface area contributed by atoms with Crippen LogP contribution in [0.1, 0.15) is 60.3 Å². The largest absolute Gasteiger partial charge is 0.465 e. The topological polar surface area (TPSA) is 87.1 Å². The number of fused-ring (bicyclic) bond motifs is 1. The van der Waals surface area contributed by atoms with Gasteiger partial charge < -0.3 is 19.6 Å². The molecule has 2 unspecified atom stereocenters. The predicted molar refractivity (Wildman–Crippen MR) is 139 cm³/mol. The third kappa shape index (κ3) is 4.80. The lowest BCUT2D eigenvalue weighted by atomic mass is 9.71. The van der Waals surface area contributed by atoms with E-state index < -0.39 is 34.2 Å². The Hall–Kier alpha value is -1.80. The number of thioether (sulfide) groups is 1. The highest BCUT2D eigenvalue weighted by Gasteiger charge is 2.75. The highest BCUT2D eigenvalue weighted by molar-refractivity contribution is 8.02. The molecule has 3 aliphatic heterocycles. The number of likely N-dealkylation sites (tertiary alicyclic amines) is 1. The molecule has 6 atom stereocenters. The molecule has 0 aromatic carbocycles. The molecule has 2 amide bonds. The SMILES string of the molecule is C=CCCCOC(=O)[C@@H]1[C@H]2C(=O)N([C@@H](CO)C(C)C)C(C(=O)N(CC=C)C(C)(C)C)C23CC[C@H]1S3. The van der Waals surface area contributed by atoms with Crippen LogP contribution in [-0.2, 0) is 19.1 Å². The summed E-state index contributed by atoms with van der Waals surface area (Å²) in [6, 6.07) is -1.25. The zero-order valence-corrected chi connectivity index (χ0v) is 22.7. The summed E-state index contributed by atoms with van der Waals surface area (Å²) in [6.45, 7) is 17.8. The van der Waals surface area contributed by atoms with Crippen LogP contribution < -0.4 is 0 Å². The number of hydrogen-bond donors (Lipinski definition) is 1. The van der Waals surface area contributed by atoms with Crippen LogP contribution in [0, 0.1) is 17.8 Å². The summed E-state index contributed by atoms with van der Waals surface area (Å²) >= 11 is 1.62. The van der Waals surface area contributed by atoms with Crippen molar-refractivity contribution in [3.05, 3.63) is 25.3 Å². The van der Waals surface area contributed by atoms with Crippen molar-refractivity contribution in [1.29, 1.82) is 0 Å². The van der Waals surface area contributed by atoms with E-state index >= 15 is 0 Å². The number of nitrogens with zero attached hydrogens (tertiary/aromatic N) is 2. The zero-order chi connectivity index (χ0) is 26.1. The first-order chi connectivity index (χ1) is 16.5. The van der Waals surface area contributed by atoms with Gasteiger partial charge >= 0.3 is 5.97 Å². The van der Waals surface area contributed by atoms with Crippen LogP contribution in [0.2, 0.25) is 0 Å². The molecule has 2 bridgehead atoms. The molecule has 3 aliphatic rings. The van der Waals surface area contributed by atoms with Crippen molar-refractivity contribution >= 4 is 29.5 Å². The van der Waals surface area contributed by atoms with E-state index in [1.54, 1.807) is 33.7 Å². The molecular weight excluding hydrogens is 464 g/mol. The van der Waals surface area contributed by atoms with Gasteiger partial charge in [-0.25, -0.2) is 0 Å². The van der Waals surface area contributed by atoms with Crippen molar-refractivity contribution in [2.24, 2.45) is 17.8 Å². The van der Waals surface area contributed by atoms with Crippen molar-refractivity contribution in [3.8, 4) is 0 Å². The Kier molecular flexibility index (Phi) is 8.47. The fourth-order valence-corrected chi connectivity index (χ4v) is 8.27. The molecule has 8 heteroatoms. The number of aliphatic hydroxyl groups is 1. The Labute approximate surface area is 214 Å². The first-order valence-corrected chi connectivity index (χ1v) is 13.6. The molecule has 3 rings (SSSR count). The minimum Gasteiger partial charge on any atom is -0.465 e. The summed E-state index contributed by atoms with van der Waals surface area (Å²) < 4.78 is 4.91. The first kappa shape index (κ1) is 27.8. The van der Waals surface area contributed by atoms with Crippen LogP contribution in [0.25, 0.3) is 0 Å². The molecule has 0 radical (unpaired) electrons. The summed E-state index contributed by atoms with van der Waals surface area (Å²) in [4.78, 5) is 45.0. The van der Waals surface area contributed by atoms with Crippen LogP contribution in [0.4, 0.5) is 0 Å². The van der Waals surface area contributed by atoms with Crippen molar-refractivity contribution in [3.63, 3.8) is 0 Å². The maximum Gasteiger partial charge on any atom is 0.310 e. The molecule has 0 aliphatic carbocycles. The van der Waals surface area contributed by atoms with E-state index in [1.165, 1.54) is 0 Å². The van der Waals surface area contributed by atoms with E-state index in [4.69, 9.17) is 4.74 Å². The minimum atomic E-state index is -0.743. The van der Waals surface area contributed by atoms with Gasteiger partial charge in [-0.05, 0) is 52.4 Å². The number of hydrogen-bond acceptors (Lipinski definition) is 6. The Morgan fingerprint density at radius 1 is 1.31 bits per heavy atom. The molecule has 35 heavy (non-hydrogen) atoms. The minimum absolute atomic E-state index is 0.0394. The number of allylic oxidation sites excluding steroid dienone is 1. The summed E-state index contributed by atoms with van der Waals surface area (Å²) in [5, 5.41) is 10.3. The number of esters is 1. The second kappa shape index (κ2) is 10.7. The molecule has 7 nitrogen and oxygen atoms in total. The van der Waals surface area contributed by atoms with Crippen LogP contribution in [-0.4, -0.2) is 80.1 Å². The zero-order valence-electron chi connectivity index (χ0n) is 21.9. The molecule has 0 aromatic heterocycles. The summed E-state index contributed by atoms with van der Waals surface area (Å²) in [5.74, 6) is -1.93. The number of carbonyl (C=O) groups excluding carboxylic acids is 3. The van der Waals surface area contributed by atoms with Crippen LogP contribution in [0.5, 0.6) is 0 Å². The number of rotatable bonds is 11. The van der Waals surface area contributed by atoms with E-state index in [0.29, 0.717) is 26.0 Å². The van der Waals surface area contributed by atoms with E-state index in [9.17, 15) is 19.5 Å². The average molecular weight is 507 g/mol. The molecule has 3 heterocycles. The standard InChI is InChI=1S/C27H42N2O5S/c1-8-10-11-15-34-25(33)20-19-12-13-27(35-19)21(20)23(31)29(18(16-30)17(3)4)22(27)24(32)28(14-9-2)26(5,6)7/h8-9,17-22,30H,1-2,10-16H2,3-7H3/t18-,19+,20-,21-,22?,27?/m0/s1. The Morgan fingerprint density at radius 3 is 2.54 bits per heavy atom. The number of aliphatic hydroxyl groups excluding tert-OH is 1. The predicted octanol–water partition coefficient (Wildman–Crippen LogP) is 3.42. The van der Waals surface area contributed by atoms with Crippen molar-refractivity contribution in [2.45, 2.75) is 87.9 Å². The molecule has 196 valence electrons. The Bertz CT molecular complexity index is 853. The summed E-state index contributed by atoms with van der Waals surface area (Å²) in [7, 11) is 0. The van der Waals surface area contributed by atoms with Crippen molar-refractivity contribution in [2.75, 3.05) is 19.8 Å². The van der Waals surface area contributed by atoms with Crippen LogP contribution in [0.15, 0.2) is 25.3 Å². The van der Waals surface area contributed by atoms with Gasteiger partial charge in [0.15, 0.2) is 0 Å². The van der Waals surface area contributed by atoms with E-state index in [1.807, 2.05) is 34.6 Å². The van der Waals surface area contributed by atoms with E-state index in [2.05, 4.69) is 13.2 Å². The van der Waals surface area contributed by atoms with Gasteiger partial charge in [0.25, 0.3) is 0 Å². The van der Waals surface area contributed by atoms with E-state index in [0.717, 1.165) is 12.8 Å². The molecule has 1 N–H and O–H groups in total. The highest BCUT2D eigenvalue weighted by atomic mass is 32.2. The quantitative estimate of drug-likeness (QED) is 0.263.